The molecule has 2 aromatic rings. The first-order chi connectivity index (χ1) is 14.2. The molecule has 0 N–H and O–H groups in total. The topological polar surface area (TPSA) is 53.0 Å². The Bertz CT molecular complexity index is 1060. The van der Waals surface area contributed by atoms with Crippen molar-refractivity contribution in [3.63, 3.8) is 0 Å². The van der Waals surface area contributed by atoms with E-state index < -0.39 is 10.0 Å². The Morgan fingerprint density at radius 2 is 1.83 bits per heavy atom. The lowest BCUT2D eigenvalue weighted by Crippen LogP contribution is -2.42. The van der Waals surface area contributed by atoms with Crippen LogP contribution in [-0.2, 0) is 22.0 Å². The Kier molecular flexibility index (Phi) is 5.60. The molecular weight excluding hydrogens is 394 g/mol. The van der Waals surface area contributed by atoms with Gasteiger partial charge in [-0.05, 0) is 56.1 Å². The summed E-state index contributed by atoms with van der Waals surface area (Å²) in [7, 11) is -3.56. The number of benzene rings is 2. The predicted molar refractivity (Wildman–Crippen MR) is 122 cm³/mol. The van der Waals surface area contributed by atoms with Crippen LogP contribution in [0.5, 0.6) is 0 Å². The normalized spacial score (nSPS) is 22.4. The maximum absolute atomic E-state index is 13.6. The third kappa shape index (κ3) is 3.84. The van der Waals surface area contributed by atoms with Crippen LogP contribution in [0.25, 0.3) is 0 Å². The molecule has 0 radical (unpaired) electrons. The average Bonchev–Trinajstić information content (AvgIpc) is 2.82. The molecule has 6 heteroatoms. The first-order valence-corrected chi connectivity index (χ1v) is 12.1. The maximum Gasteiger partial charge on any atom is 0.243 e. The molecule has 0 aliphatic carbocycles. The van der Waals surface area contributed by atoms with Crippen molar-refractivity contribution in [2.45, 2.75) is 57.0 Å². The molecule has 1 atom stereocenters. The monoisotopic (exact) mass is 425 g/mol. The van der Waals surface area contributed by atoms with Crippen molar-refractivity contribution in [3.8, 4) is 0 Å². The smallest absolute Gasteiger partial charge is 0.243 e. The van der Waals surface area contributed by atoms with Gasteiger partial charge in [-0.1, -0.05) is 44.2 Å². The molecule has 2 aliphatic heterocycles. The van der Waals surface area contributed by atoms with E-state index in [0.717, 1.165) is 43.0 Å². The van der Waals surface area contributed by atoms with Crippen LogP contribution in [0.2, 0.25) is 0 Å². The molecule has 160 valence electrons. The van der Waals surface area contributed by atoms with Gasteiger partial charge in [0.1, 0.15) is 0 Å². The zero-order chi connectivity index (χ0) is 21.5. The highest BCUT2D eigenvalue weighted by Crippen LogP contribution is 2.41. The van der Waals surface area contributed by atoms with Gasteiger partial charge in [0.05, 0.1) is 10.6 Å². The molecule has 1 unspecified atom stereocenters. The summed E-state index contributed by atoms with van der Waals surface area (Å²) in [6.45, 7) is 11.3. The number of nitrogens with zero attached hydrogens (tertiary/aromatic N) is 3. The highest BCUT2D eigenvalue weighted by atomic mass is 32.2. The van der Waals surface area contributed by atoms with Crippen molar-refractivity contribution >= 4 is 21.4 Å². The van der Waals surface area contributed by atoms with Gasteiger partial charge in [0.2, 0.25) is 10.0 Å². The van der Waals surface area contributed by atoms with E-state index in [1.807, 2.05) is 44.2 Å². The molecule has 30 heavy (non-hydrogen) atoms. The molecule has 0 amide bonds. The van der Waals surface area contributed by atoms with E-state index in [2.05, 4.69) is 35.9 Å². The summed E-state index contributed by atoms with van der Waals surface area (Å²) < 4.78 is 28.8. The molecular formula is C24H31N3O2S. The average molecular weight is 426 g/mol. The molecule has 0 aromatic heterocycles. The summed E-state index contributed by atoms with van der Waals surface area (Å²) in [6.07, 6.45) is 0.828. The van der Waals surface area contributed by atoms with Gasteiger partial charge in [-0.25, -0.2) is 8.42 Å². The van der Waals surface area contributed by atoms with Crippen LogP contribution in [-0.4, -0.2) is 49.0 Å². The largest absolute Gasteiger partial charge is 0.297 e. The molecule has 2 aliphatic rings. The minimum Gasteiger partial charge on any atom is -0.297 e. The van der Waals surface area contributed by atoms with Crippen LogP contribution in [0.4, 0.5) is 5.69 Å². The Labute approximate surface area is 180 Å². The van der Waals surface area contributed by atoms with Gasteiger partial charge < -0.3 is 0 Å². The Morgan fingerprint density at radius 1 is 1.10 bits per heavy atom. The Hall–Kier alpha value is -2.02. The van der Waals surface area contributed by atoms with E-state index >= 15 is 0 Å². The number of sulfonamides is 1. The van der Waals surface area contributed by atoms with Crippen molar-refractivity contribution in [1.82, 2.24) is 9.21 Å². The van der Waals surface area contributed by atoms with Crippen LogP contribution in [0, 0.1) is 0 Å². The summed E-state index contributed by atoms with van der Waals surface area (Å²) in [5.41, 5.74) is 3.92. The van der Waals surface area contributed by atoms with Gasteiger partial charge in [-0.3, -0.25) is 9.89 Å². The van der Waals surface area contributed by atoms with E-state index in [1.165, 1.54) is 5.56 Å². The molecule has 5 nitrogen and oxygen atoms in total. The van der Waals surface area contributed by atoms with Crippen LogP contribution in [0.3, 0.4) is 0 Å². The van der Waals surface area contributed by atoms with Crippen LogP contribution >= 0.6 is 0 Å². The molecule has 1 saturated heterocycles. The Balaban J connectivity index is 1.56. The van der Waals surface area contributed by atoms with Crippen molar-refractivity contribution in [1.29, 1.82) is 0 Å². The van der Waals surface area contributed by atoms with E-state index in [4.69, 9.17) is 0 Å². The third-order valence-electron chi connectivity index (χ3n) is 6.56. The van der Waals surface area contributed by atoms with Crippen LogP contribution in [0.1, 0.15) is 45.2 Å². The van der Waals surface area contributed by atoms with Crippen molar-refractivity contribution in [3.05, 3.63) is 59.7 Å². The van der Waals surface area contributed by atoms with Crippen LogP contribution in [0.15, 0.2) is 58.4 Å². The number of aliphatic imine (C=N–C) groups is 1. The minimum atomic E-state index is -3.56. The van der Waals surface area contributed by atoms with E-state index in [0.29, 0.717) is 11.4 Å². The summed E-state index contributed by atoms with van der Waals surface area (Å²) >= 11 is 0. The fourth-order valence-corrected chi connectivity index (χ4v) is 6.18. The molecule has 0 bridgehead atoms. The quantitative estimate of drug-likeness (QED) is 0.732. The maximum atomic E-state index is 13.6. The van der Waals surface area contributed by atoms with Gasteiger partial charge in [-0.2, -0.15) is 4.31 Å². The minimum absolute atomic E-state index is 0.0829. The molecule has 2 heterocycles. The van der Waals surface area contributed by atoms with Gasteiger partial charge >= 0.3 is 0 Å². The van der Waals surface area contributed by atoms with Gasteiger partial charge in [-0.15, -0.1) is 0 Å². The van der Waals surface area contributed by atoms with Crippen molar-refractivity contribution in [2.75, 3.05) is 19.6 Å². The SMILES string of the molecule is CC1=Nc2ccc(S(=O)(=O)N3CCCN(Cc4ccccc4)CC3C)cc2C1(C)C. The van der Waals surface area contributed by atoms with E-state index in [9.17, 15) is 8.42 Å². The lowest BCUT2D eigenvalue weighted by Gasteiger charge is -2.29. The van der Waals surface area contributed by atoms with Gasteiger partial charge in [0.25, 0.3) is 0 Å². The zero-order valence-corrected chi connectivity index (χ0v) is 19.1. The molecule has 0 saturated carbocycles. The van der Waals surface area contributed by atoms with Crippen molar-refractivity contribution < 1.29 is 8.42 Å². The van der Waals surface area contributed by atoms with Gasteiger partial charge in [0, 0.05) is 36.8 Å². The molecule has 1 fully saturated rings. The summed E-state index contributed by atoms with van der Waals surface area (Å²) in [6, 6.07) is 15.7. The number of hydrogen-bond acceptors (Lipinski definition) is 4. The first kappa shape index (κ1) is 21.2. The van der Waals surface area contributed by atoms with Crippen LogP contribution < -0.4 is 0 Å². The van der Waals surface area contributed by atoms with E-state index in [-0.39, 0.29) is 11.5 Å². The summed E-state index contributed by atoms with van der Waals surface area (Å²) in [4.78, 5) is 7.36. The second kappa shape index (κ2) is 7.91. The summed E-state index contributed by atoms with van der Waals surface area (Å²) in [5.74, 6) is 0. The predicted octanol–water partition coefficient (Wildman–Crippen LogP) is 4.36. The lowest BCUT2D eigenvalue weighted by atomic mass is 9.82. The second-order valence-corrected chi connectivity index (χ2v) is 10.9. The second-order valence-electron chi connectivity index (χ2n) is 9.04. The number of hydrogen-bond donors (Lipinski definition) is 0. The Morgan fingerprint density at radius 3 is 2.57 bits per heavy atom. The number of rotatable bonds is 4. The highest BCUT2D eigenvalue weighted by molar-refractivity contribution is 7.89. The van der Waals surface area contributed by atoms with E-state index in [1.54, 1.807) is 10.4 Å². The standard InChI is InChI=1S/C24H31N3O2S/c1-18-16-26(17-20-9-6-5-7-10-20)13-8-14-27(18)30(28,29)21-11-12-23-22(15-21)24(3,4)19(2)25-23/h5-7,9-12,15,18H,8,13-14,16-17H2,1-4H3. The van der Waals surface area contributed by atoms with Crippen molar-refractivity contribution in [2.24, 2.45) is 4.99 Å². The highest BCUT2D eigenvalue weighted by Gasteiger charge is 2.36. The molecule has 2 aromatic carbocycles. The lowest BCUT2D eigenvalue weighted by molar-refractivity contribution is 0.244. The zero-order valence-electron chi connectivity index (χ0n) is 18.3. The third-order valence-corrected chi connectivity index (χ3v) is 8.57. The molecule has 4 rings (SSSR count). The fraction of sp³-hybridized carbons (Fsp3) is 0.458. The molecule has 0 spiro atoms. The summed E-state index contributed by atoms with van der Waals surface area (Å²) in [5, 5.41) is 0. The fourth-order valence-electron chi connectivity index (χ4n) is 4.49. The first-order valence-electron chi connectivity index (χ1n) is 10.7. The van der Waals surface area contributed by atoms with Gasteiger partial charge in [0.15, 0.2) is 0 Å². The number of fused-ring (bicyclic) bond motifs is 1.